The molecule has 0 atom stereocenters. The average Bonchev–Trinajstić information content (AvgIpc) is 3.32. The van der Waals surface area contributed by atoms with Crippen LogP contribution >= 0.6 is 0 Å². The predicted octanol–water partition coefficient (Wildman–Crippen LogP) is 6.42. The van der Waals surface area contributed by atoms with E-state index in [9.17, 15) is 0 Å². The summed E-state index contributed by atoms with van der Waals surface area (Å²) in [5.74, 6) is 1.27. The molecule has 0 nitrogen and oxygen atoms in total. The molecule has 0 N–H and O–H groups in total. The summed E-state index contributed by atoms with van der Waals surface area (Å²) in [6.45, 7) is 0. The normalized spacial score (nSPS) is 18.3. The Balaban J connectivity index is 1.77. The molecule has 0 heteroatoms. The van der Waals surface area contributed by atoms with E-state index in [0.29, 0.717) is 0 Å². The topological polar surface area (TPSA) is 0 Å². The smallest absolute Gasteiger partial charge is 0.0622 e. The maximum atomic E-state index is 2.26. The van der Waals surface area contributed by atoms with E-state index in [0.717, 1.165) is 0 Å². The lowest BCUT2D eigenvalue weighted by Crippen LogP contribution is -2.00. The van der Waals surface area contributed by atoms with Crippen LogP contribution in [0.5, 0.6) is 0 Å². The second kappa shape index (κ2) is 6.53. The maximum Gasteiger partial charge on any atom is 0.0752 e. The summed E-state index contributed by atoms with van der Waals surface area (Å²) in [5, 5.41) is 0. The van der Waals surface area contributed by atoms with Crippen LogP contribution in [0.1, 0.15) is 16.7 Å². The molecular formula is C26H18+. The summed E-state index contributed by atoms with van der Waals surface area (Å²) in [7, 11) is 0. The van der Waals surface area contributed by atoms with Crippen LogP contribution in [0.3, 0.4) is 0 Å². The fourth-order valence-electron chi connectivity index (χ4n) is 3.86. The van der Waals surface area contributed by atoms with Crippen molar-refractivity contribution in [2.24, 2.45) is 0 Å². The van der Waals surface area contributed by atoms with Crippen LogP contribution < -0.4 is 0 Å². The van der Waals surface area contributed by atoms with Gasteiger partial charge in [-0.2, -0.15) is 0 Å². The molecule has 5 radical (unpaired) electrons. The zero-order valence-corrected chi connectivity index (χ0v) is 14.4. The van der Waals surface area contributed by atoms with Gasteiger partial charge >= 0.3 is 0 Å². The minimum absolute atomic E-state index is 1.27. The number of hydrogen-bond donors (Lipinski definition) is 0. The molecule has 1 aromatic carbocycles. The molecule has 0 amide bonds. The first-order valence-electron chi connectivity index (χ1n) is 8.97. The third kappa shape index (κ3) is 2.57. The van der Waals surface area contributed by atoms with E-state index in [4.69, 9.17) is 0 Å². The van der Waals surface area contributed by atoms with E-state index in [1.165, 1.54) is 44.9 Å². The highest BCUT2D eigenvalue weighted by Crippen LogP contribution is 2.47. The van der Waals surface area contributed by atoms with E-state index in [2.05, 4.69) is 111 Å². The lowest BCUT2D eigenvalue weighted by molar-refractivity contribution is 1.39. The maximum absolute atomic E-state index is 2.26. The van der Waals surface area contributed by atoms with E-state index in [1.54, 1.807) is 0 Å². The molecule has 4 aliphatic carbocycles. The fraction of sp³-hybridized carbons (Fsp3) is 0. The van der Waals surface area contributed by atoms with Crippen molar-refractivity contribution < 1.29 is 0 Å². The molecule has 0 bridgehead atoms. The van der Waals surface area contributed by atoms with Crippen molar-refractivity contribution in [3.8, 4) is 11.1 Å². The first kappa shape index (κ1) is 15.5. The Labute approximate surface area is 155 Å². The minimum atomic E-state index is 1.27. The molecule has 5 rings (SSSR count). The third-order valence-corrected chi connectivity index (χ3v) is 5.07. The highest BCUT2D eigenvalue weighted by molar-refractivity contribution is 6.10. The Morgan fingerprint density at radius 3 is 2.42 bits per heavy atom. The Bertz CT molecular complexity index is 990. The van der Waals surface area contributed by atoms with Crippen LogP contribution in [-0.4, -0.2) is 0 Å². The lowest BCUT2D eigenvalue weighted by atomic mass is 9.84. The molecule has 4 aliphatic rings. The standard InChI is InChI=1S/C26H18/c1-3-9-19-15-17-24(22(19)13-5-1)26(21-11-7-8-12-21)25-18-16-20-10-4-2-6-14-23(20)25/h1-18H/q+1/b26-24+. The van der Waals surface area contributed by atoms with Crippen LogP contribution in [0.15, 0.2) is 78.9 Å². The summed E-state index contributed by atoms with van der Waals surface area (Å²) in [5.41, 5.74) is 9.02. The number of hydrogen-bond acceptors (Lipinski definition) is 0. The molecule has 0 aliphatic heterocycles. The first-order valence-corrected chi connectivity index (χ1v) is 8.97. The van der Waals surface area contributed by atoms with E-state index < -0.39 is 0 Å². The minimum Gasteiger partial charge on any atom is -0.0622 e. The highest BCUT2D eigenvalue weighted by atomic mass is 14.3. The molecule has 1 fully saturated rings. The second-order valence-corrected chi connectivity index (χ2v) is 6.60. The fourth-order valence-corrected chi connectivity index (χ4v) is 3.86. The van der Waals surface area contributed by atoms with Crippen molar-refractivity contribution in [2.45, 2.75) is 0 Å². The van der Waals surface area contributed by atoms with Crippen LogP contribution in [-0.2, 0) is 0 Å². The third-order valence-electron chi connectivity index (χ3n) is 5.07. The molecule has 121 valence electrons. The number of rotatable bonds is 2. The Morgan fingerprint density at radius 1 is 0.692 bits per heavy atom. The first-order chi connectivity index (χ1) is 12.9. The van der Waals surface area contributed by atoms with Crippen LogP contribution in [0.2, 0.25) is 0 Å². The van der Waals surface area contributed by atoms with Crippen molar-refractivity contribution in [3.05, 3.63) is 127 Å². The Kier molecular flexibility index (Phi) is 3.90. The van der Waals surface area contributed by atoms with Gasteiger partial charge in [-0.25, -0.2) is 0 Å². The van der Waals surface area contributed by atoms with Gasteiger partial charge in [-0.3, -0.25) is 0 Å². The molecule has 26 heavy (non-hydrogen) atoms. The summed E-state index contributed by atoms with van der Waals surface area (Å²) in [4.78, 5) is 0. The van der Waals surface area contributed by atoms with Gasteiger partial charge in [-0.15, -0.1) is 0 Å². The van der Waals surface area contributed by atoms with Gasteiger partial charge in [0.05, 0.1) is 16.7 Å². The van der Waals surface area contributed by atoms with Gasteiger partial charge in [0.15, 0.2) is 0 Å². The summed E-state index contributed by atoms with van der Waals surface area (Å²) >= 11 is 0. The second-order valence-electron chi connectivity index (χ2n) is 6.60. The molecular weight excluding hydrogens is 312 g/mol. The quantitative estimate of drug-likeness (QED) is 0.476. The molecule has 1 aromatic rings. The highest BCUT2D eigenvalue weighted by Gasteiger charge is 2.32. The van der Waals surface area contributed by atoms with Gasteiger partial charge in [0.25, 0.3) is 0 Å². The monoisotopic (exact) mass is 330 g/mol. The van der Waals surface area contributed by atoms with Crippen molar-refractivity contribution in [3.63, 3.8) is 0 Å². The predicted molar refractivity (Wildman–Crippen MR) is 110 cm³/mol. The van der Waals surface area contributed by atoms with Crippen molar-refractivity contribution >= 4 is 17.2 Å². The summed E-state index contributed by atoms with van der Waals surface area (Å²) in [6, 6.07) is 25.9. The summed E-state index contributed by atoms with van der Waals surface area (Å²) in [6.07, 6.45) is 13.1. The van der Waals surface area contributed by atoms with Gasteiger partial charge in [-0.1, -0.05) is 36.4 Å². The van der Waals surface area contributed by atoms with Crippen LogP contribution in [0, 0.1) is 31.6 Å². The van der Waals surface area contributed by atoms with Crippen LogP contribution in [0.4, 0.5) is 0 Å². The van der Waals surface area contributed by atoms with E-state index in [1.807, 2.05) is 0 Å². The number of fused-ring (bicyclic) bond motifs is 2. The lowest BCUT2D eigenvalue weighted by Gasteiger charge is -2.14. The molecule has 0 spiro atoms. The average molecular weight is 330 g/mol. The van der Waals surface area contributed by atoms with E-state index >= 15 is 0 Å². The molecule has 0 heterocycles. The zero-order chi connectivity index (χ0) is 17.3. The largest absolute Gasteiger partial charge is 0.0752 e. The van der Waals surface area contributed by atoms with Gasteiger partial charge in [0.1, 0.15) is 0 Å². The zero-order valence-electron chi connectivity index (χ0n) is 14.4. The molecule has 1 saturated carbocycles. The van der Waals surface area contributed by atoms with E-state index in [-0.39, 0.29) is 0 Å². The Hall–Kier alpha value is -2.73. The van der Waals surface area contributed by atoms with Crippen molar-refractivity contribution in [1.29, 1.82) is 0 Å². The summed E-state index contributed by atoms with van der Waals surface area (Å²) < 4.78 is 0. The van der Waals surface area contributed by atoms with Gasteiger partial charge < -0.3 is 0 Å². The molecule has 0 unspecified atom stereocenters. The van der Waals surface area contributed by atoms with Gasteiger partial charge in [-0.05, 0) is 67.1 Å². The molecule has 0 saturated heterocycles. The SMILES string of the molecule is [CH]1[CH][CH][C](/C(=C2/C=Cc3ccccc[c+]32)c2ccc3cccccc2-3)[CH]1. The van der Waals surface area contributed by atoms with Gasteiger partial charge in [0, 0.05) is 35.3 Å². The molecule has 0 aromatic heterocycles. The van der Waals surface area contributed by atoms with Crippen LogP contribution in [0.25, 0.3) is 28.3 Å². The Morgan fingerprint density at radius 2 is 1.50 bits per heavy atom. The number of allylic oxidation sites excluding steroid dienone is 3. The van der Waals surface area contributed by atoms with Crippen molar-refractivity contribution in [1.82, 2.24) is 0 Å². The van der Waals surface area contributed by atoms with Crippen molar-refractivity contribution in [2.75, 3.05) is 0 Å². The van der Waals surface area contributed by atoms with Gasteiger partial charge in [0.2, 0.25) is 0 Å².